The third kappa shape index (κ3) is 3.51. The molecule has 1 amide bonds. The maximum atomic E-state index is 12.3. The lowest BCUT2D eigenvalue weighted by Crippen LogP contribution is -2.31. The van der Waals surface area contributed by atoms with Crippen LogP contribution < -0.4 is 0 Å². The zero-order chi connectivity index (χ0) is 14.7. The lowest BCUT2D eigenvalue weighted by atomic mass is 10.0. The van der Waals surface area contributed by atoms with Crippen LogP contribution in [0, 0.1) is 11.8 Å². The normalized spacial score (nSPS) is 21.7. The molecule has 0 bridgehead atoms. The Kier molecular flexibility index (Phi) is 4.65. The Morgan fingerprint density at radius 1 is 1.35 bits per heavy atom. The summed E-state index contributed by atoms with van der Waals surface area (Å²) < 4.78 is 0. The first-order valence-corrected chi connectivity index (χ1v) is 7.07. The van der Waals surface area contributed by atoms with Crippen LogP contribution in [0.2, 0.25) is 5.02 Å². The first-order chi connectivity index (χ1) is 9.47. The number of benzene rings is 1. The highest BCUT2D eigenvalue weighted by molar-refractivity contribution is 6.30. The van der Waals surface area contributed by atoms with Gasteiger partial charge in [0.25, 0.3) is 0 Å². The van der Waals surface area contributed by atoms with Gasteiger partial charge in [-0.25, -0.2) is 0 Å². The highest BCUT2D eigenvalue weighted by Crippen LogP contribution is 2.32. The second-order valence-electron chi connectivity index (χ2n) is 5.37. The quantitative estimate of drug-likeness (QED) is 0.929. The molecule has 2 rings (SSSR count). The predicted octanol–water partition coefficient (Wildman–Crippen LogP) is 2.80. The van der Waals surface area contributed by atoms with Gasteiger partial charge in [0.1, 0.15) is 0 Å². The van der Waals surface area contributed by atoms with Crippen LogP contribution >= 0.6 is 11.6 Å². The molecule has 0 radical (unpaired) electrons. The fraction of sp³-hybridized carbons (Fsp3) is 0.467. The number of aliphatic carboxylic acids is 1. The van der Waals surface area contributed by atoms with Crippen molar-refractivity contribution in [2.75, 3.05) is 7.05 Å². The summed E-state index contributed by atoms with van der Waals surface area (Å²) >= 11 is 5.92. The number of rotatable bonds is 4. The average molecular weight is 296 g/mol. The second kappa shape index (κ2) is 6.27. The molecule has 20 heavy (non-hydrogen) atoms. The molecule has 0 heterocycles. The molecule has 0 aromatic heterocycles. The van der Waals surface area contributed by atoms with E-state index in [2.05, 4.69) is 0 Å². The minimum atomic E-state index is -0.794. The van der Waals surface area contributed by atoms with Crippen LogP contribution in [-0.4, -0.2) is 28.9 Å². The number of carbonyl (C=O) groups excluding carboxylic acids is 1. The van der Waals surface area contributed by atoms with Gasteiger partial charge in [-0.3, -0.25) is 9.59 Å². The Labute approximate surface area is 123 Å². The van der Waals surface area contributed by atoms with Gasteiger partial charge < -0.3 is 10.0 Å². The van der Waals surface area contributed by atoms with E-state index in [1.807, 2.05) is 18.2 Å². The van der Waals surface area contributed by atoms with E-state index >= 15 is 0 Å². The first kappa shape index (κ1) is 14.9. The lowest BCUT2D eigenvalue weighted by molar-refractivity contribution is -0.141. The van der Waals surface area contributed by atoms with Gasteiger partial charge in [0.15, 0.2) is 0 Å². The fourth-order valence-corrected chi connectivity index (χ4v) is 2.94. The van der Waals surface area contributed by atoms with Crippen molar-refractivity contribution in [2.24, 2.45) is 11.8 Å². The number of hydrogen-bond donors (Lipinski definition) is 1. The van der Waals surface area contributed by atoms with E-state index in [9.17, 15) is 9.59 Å². The van der Waals surface area contributed by atoms with E-state index in [-0.39, 0.29) is 17.7 Å². The molecule has 1 aromatic carbocycles. The van der Waals surface area contributed by atoms with Crippen molar-refractivity contribution in [3.63, 3.8) is 0 Å². The monoisotopic (exact) mass is 295 g/mol. The molecule has 2 atom stereocenters. The maximum Gasteiger partial charge on any atom is 0.306 e. The van der Waals surface area contributed by atoms with Gasteiger partial charge in [0.2, 0.25) is 5.91 Å². The molecular weight excluding hydrogens is 278 g/mol. The van der Waals surface area contributed by atoms with Crippen molar-refractivity contribution in [1.29, 1.82) is 0 Å². The summed E-state index contributed by atoms with van der Waals surface area (Å²) in [6, 6.07) is 7.40. The van der Waals surface area contributed by atoms with Crippen molar-refractivity contribution in [2.45, 2.75) is 25.8 Å². The Balaban J connectivity index is 1.94. The third-order valence-corrected chi connectivity index (χ3v) is 4.05. The zero-order valence-corrected chi connectivity index (χ0v) is 12.1. The molecule has 0 saturated heterocycles. The van der Waals surface area contributed by atoms with E-state index < -0.39 is 5.97 Å². The highest BCUT2D eigenvalue weighted by Gasteiger charge is 2.35. The molecule has 0 unspecified atom stereocenters. The fourth-order valence-electron chi connectivity index (χ4n) is 2.73. The molecule has 0 spiro atoms. The highest BCUT2D eigenvalue weighted by atomic mass is 35.5. The Morgan fingerprint density at radius 2 is 2.05 bits per heavy atom. The van der Waals surface area contributed by atoms with Crippen molar-refractivity contribution in [3.05, 3.63) is 34.9 Å². The smallest absolute Gasteiger partial charge is 0.306 e. The second-order valence-corrected chi connectivity index (χ2v) is 5.81. The van der Waals surface area contributed by atoms with Gasteiger partial charge in [0, 0.05) is 24.5 Å². The average Bonchev–Trinajstić information content (AvgIpc) is 2.87. The Morgan fingerprint density at radius 3 is 2.65 bits per heavy atom. The third-order valence-electron chi connectivity index (χ3n) is 3.82. The van der Waals surface area contributed by atoms with Gasteiger partial charge in [-0.2, -0.15) is 0 Å². The molecule has 1 aliphatic carbocycles. The molecular formula is C15H18ClNO3. The van der Waals surface area contributed by atoms with Gasteiger partial charge >= 0.3 is 5.97 Å². The topological polar surface area (TPSA) is 57.6 Å². The molecule has 0 aliphatic heterocycles. The van der Waals surface area contributed by atoms with Gasteiger partial charge in [0.05, 0.1) is 5.92 Å². The van der Waals surface area contributed by atoms with Crippen LogP contribution in [0.4, 0.5) is 0 Å². The number of hydrogen-bond acceptors (Lipinski definition) is 2. The van der Waals surface area contributed by atoms with E-state index in [1.54, 1.807) is 18.0 Å². The van der Waals surface area contributed by atoms with Crippen LogP contribution in [0.1, 0.15) is 24.8 Å². The minimum absolute atomic E-state index is 0.0220. The number of amides is 1. The van der Waals surface area contributed by atoms with E-state index in [0.29, 0.717) is 30.8 Å². The predicted molar refractivity (Wildman–Crippen MR) is 76.4 cm³/mol. The van der Waals surface area contributed by atoms with E-state index in [4.69, 9.17) is 16.7 Å². The summed E-state index contributed by atoms with van der Waals surface area (Å²) in [5, 5.41) is 9.63. The molecule has 108 valence electrons. The summed E-state index contributed by atoms with van der Waals surface area (Å²) in [6.45, 7) is 0.494. The zero-order valence-electron chi connectivity index (χ0n) is 11.4. The molecule has 1 fully saturated rings. The van der Waals surface area contributed by atoms with Crippen LogP contribution in [0.3, 0.4) is 0 Å². The van der Waals surface area contributed by atoms with Crippen molar-refractivity contribution >= 4 is 23.5 Å². The summed E-state index contributed by atoms with van der Waals surface area (Å²) in [6.07, 6.45) is 1.71. The summed E-state index contributed by atoms with van der Waals surface area (Å²) in [5.41, 5.74) is 0.973. The van der Waals surface area contributed by atoms with Gasteiger partial charge in [-0.05, 0) is 37.0 Å². The molecule has 1 aliphatic rings. The SMILES string of the molecule is CN(Cc1cccc(Cl)c1)C(=O)[C@@H]1CC[C@H](C(=O)O)C1. The van der Waals surface area contributed by atoms with Crippen LogP contribution in [0.5, 0.6) is 0 Å². The number of halogens is 1. The number of carbonyl (C=O) groups is 2. The number of nitrogens with zero attached hydrogens (tertiary/aromatic N) is 1. The van der Waals surface area contributed by atoms with Crippen LogP contribution in [0.15, 0.2) is 24.3 Å². The number of carboxylic acids is 1. The molecule has 1 aromatic rings. The van der Waals surface area contributed by atoms with Crippen molar-refractivity contribution in [3.8, 4) is 0 Å². The number of carboxylic acid groups (broad SMARTS) is 1. The van der Waals surface area contributed by atoms with Gasteiger partial charge in [-0.15, -0.1) is 0 Å². The first-order valence-electron chi connectivity index (χ1n) is 6.69. The minimum Gasteiger partial charge on any atom is -0.481 e. The standard InChI is InChI=1S/C15H18ClNO3/c1-17(9-10-3-2-4-13(16)7-10)14(18)11-5-6-12(8-11)15(19)20/h2-4,7,11-12H,5-6,8-9H2,1H3,(H,19,20)/t11-,12+/m1/s1. The molecule has 4 nitrogen and oxygen atoms in total. The van der Waals surface area contributed by atoms with E-state index in [0.717, 1.165) is 5.56 Å². The van der Waals surface area contributed by atoms with Crippen molar-refractivity contribution < 1.29 is 14.7 Å². The van der Waals surface area contributed by atoms with Gasteiger partial charge in [-0.1, -0.05) is 23.7 Å². The van der Waals surface area contributed by atoms with Crippen LogP contribution in [-0.2, 0) is 16.1 Å². The Bertz CT molecular complexity index is 518. The molecule has 1 saturated carbocycles. The summed E-state index contributed by atoms with van der Waals surface area (Å²) in [4.78, 5) is 24.9. The van der Waals surface area contributed by atoms with Crippen molar-refractivity contribution in [1.82, 2.24) is 4.90 Å². The van der Waals surface area contributed by atoms with Crippen LogP contribution in [0.25, 0.3) is 0 Å². The Hall–Kier alpha value is -1.55. The summed E-state index contributed by atoms with van der Waals surface area (Å²) in [7, 11) is 1.75. The van der Waals surface area contributed by atoms with E-state index in [1.165, 1.54) is 0 Å². The molecule has 5 heteroatoms. The summed E-state index contributed by atoms with van der Waals surface area (Å²) in [5.74, 6) is -1.31. The maximum absolute atomic E-state index is 12.3. The molecule has 1 N–H and O–H groups in total. The largest absolute Gasteiger partial charge is 0.481 e. The lowest BCUT2D eigenvalue weighted by Gasteiger charge is -2.21.